The fourth-order valence-corrected chi connectivity index (χ4v) is 9.14. The van der Waals surface area contributed by atoms with Crippen molar-refractivity contribution in [3.63, 3.8) is 0 Å². The van der Waals surface area contributed by atoms with Crippen molar-refractivity contribution in [2.45, 2.75) is 104 Å². The molecule has 1 aliphatic rings. The average Bonchev–Trinajstić information content (AvgIpc) is 3.85. The molecule has 1 saturated heterocycles. The minimum atomic E-state index is -3.44. The lowest BCUT2D eigenvalue weighted by atomic mass is 9.80. The van der Waals surface area contributed by atoms with Gasteiger partial charge in [-0.1, -0.05) is 89.2 Å². The van der Waals surface area contributed by atoms with Crippen LogP contribution in [0.1, 0.15) is 78.3 Å². The molecule has 1 unspecified atom stereocenters. The van der Waals surface area contributed by atoms with Crippen LogP contribution < -0.4 is 30.1 Å². The Labute approximate surface area is 384 Å². The number of anilines is 1. The predicted molar refractivity (Wildman–Crippen MR) is 251 cm³/mol. The predicted octanol–water partition coefficient (Wildman–Crippen LogP) is 6.36. The van der Waals surface area contributed by atoms with E-state index in [0.717, 1.165) is 16.7 Å². The van der Waals surface area contributed by atoms with E-state index in [1.54, 1.807) is 33.0 Å². The van der Waals surface area contributed by atoms with E-state index in [4.69, 9.17) is 27.9 Å². The number of fused-ring (bicyclic) bond motifs is 1. The molecule has 0 aliphatic carbocycles. The molecule has 1 aliphatic heterocycles. The number of hydrogen-bond acceptors (Lipinski definition) is 12. The molecule has 5 atom stereocenters. The summed E-state index contributed by atoms with van der Waals surface area (Å²) in [4.78, 5) is 51.4. The van der Waals surface area contributed by atoms with Crippen molar-refractivity contribution in [3.05, 3.63) is 112 Å². The van der Waals surface area contributed by atoms with E-state index in [1.807, 2.05) is 92.0 Å². The number of aromatic nitrogens is 4. The lowest BCUT2D eigenvalue weighted by Gasteiger charge is -2.41. The quantitative estimate of drug-likeness (QED) is 0.0501. The Morgan fingerprint density at radius 1 is 0.908 bits per heavy atom. The molecule has 18 heteroatoms. The highest BCUT2D eigenvalue weighted by molar-refractivity contribution is 7.30. The summed E-state index contributed by atoms with van der Waals surface area (Å²) in [6.07, 6.45) is -3.12. The molecule has 0 radical (unpaired) electrons. The molecule has 3 heterocycles. The summed E-state index contributed by atoms with van der Waals surface area (Å²) in [5.74, 6) is 0.436. The third-order valence-electron chi connectivity index (χ3n) is 12.3. The molecule has 16 nitrogen and oxygen atoms in total. The number of carbonyl (C=O) groups excluding carboxylic acids is 1. The van der Waals surface area contributed by atoms with Crippen LogP contribution in [0.2, 0.25) is 18.1 Å². The lowest BCUT2D eigenvalue weighted by Crippen LogP contribution is -3.11. The van der Waals surface area contributed by atoms with Gasteiger partial charge in [0.15, 0.2) is 31.8 Å². The van der Waals surface area contributed by atoms with Gasteiger partial charge in [0.1, 0.15) is 29.3 Å². The number of ether oxygens (including phenoxy) is 4. The molecule has 352 valence electrons. The van der Waals surface area contributed by atoms with Crippen molar-refractivity contribution in [3.8, 4) is 11.5 Å². The molecule has 1 amide bonds. The molecule has 3 N–H and O–H groups in total. The molecule has 1 fully saturated rings. The van der Waals surface area contributed by atoms with Gasteiger partial charge in [0, 0.05) is 5.92 Å². The van der Waals surface area contributed by atoms with Crippen LogP contribution in [0, 0.1) is 5.92 Å². The van der Waals surface area contributed by atoms with Crippen molar-refractivity contribution in [1.82, 2.24) is 19.5 Å². The van der Waals surface area contributed by atoms with E-state index in [-0.39, 0.29) is 34.7 Å². The minimum Gasteiger partial charge on any atom is -0.566 e. The summed E-state index contributed by atoms with van der Waals surface area (Å²) in [7, 11) is -2.94. The second-order valence-electron chi connectivity index (χ2n) is 17.7. The maximum Gasteiger partial charge on any atom is 0.489 e. The Balaban J connectivity index is 0.00000105. The van der Waals surface area contributed by atoms with Crippen molar-refractivity contribution >= 4 is 39.6 Å². The van der Waals surface area contributed by atoms with Crippen molar-refractivity contribution in [2.24, 2.45) is 5.92 Å². The molecule has 0 saturated carbocycles. The SMILES string of the molecule is CC[NH+](CC)CC.COc1ccc(C(OC[C@H]2O[C@@H](n3cnc4c(=O)[nH]c(NC(=O)C(C)C)nc43)[C@@H](O[P+](=O)[O-])[C@@H]2O[Si](C)(C)C(C)(C)C)(c2ccccc2)c2ccc(OC)cc2)cc1. The van der Waals surface area contributed by atoms with Gasteiger partial charge in [-0.15, -0.1) is 4.52 Å². The molecular formula is C47H66N6O10PSi+. The zero-order valence-electron chi connectivity index (χ0n) is 39.7. The Bertz CT molecular complexity index is 2330. The van der Waals surface area contributed by atoms with E-state index < -0.39 is 58.2 Å². The average molecular weight is 934 g/mol. The first-order valence-electron chi connectivity index (χ1n) is 22.1. The number of aromatic amines is 1. The second-order valence-corrected chi connectivity index (χ2v) is 23.1. The van der Waals surface area contributed by atoms with E-state index in [1.165, 1.54) is 30.5 Å². The minimum absolute atomic E-state index is 0.0327. The highest BCUT2D eigenvalue weighted by Crippen LogP contribution is 2.46. The highest BCUT2D eigenvalue weighted by Gasteiger charge is 2.55. The maximum atomic E-state index is 13.2. The van der Waals surface area contributed by atoms with Crippen LogP contribution >= 0.6 is 8.25 Å². The summed E-state index contributed by atoms with van der Waals surface area (Å²) in [5.41, 5.74) is 0.465. The van der Waals surface area contributed by atoms with Gasteiger partial charge < -0.3 is 33.2 Å². The monoisotopic (exact) mass is 933 g/mol. The Kier molecular flexibility index (Phi) is 17.4. The van der Waals surface area contributed by atoms with E-state index in [0.29, 0.717) is 11.5 Å². The first-order valence-corrected chi connectivity index (χ1v) is 26.1. The largest absolute Gasteiger partial charge is 0.566 e. The molecule has 0 bridgehead atoms. The zero-order chi connectivity index (χ0) is 47.7. The van der Waals surface area contributed by atoms with Gasteiger partial charge in [-0.3, -0.25) is 24.5 Å². The van der Waals surface area contributed by atoms with E-state index >= 15 is 0 Å². The van der Waals surface area contributed by atoms with Crippen LogP contribution in [0.5, 0.6) is 11.5 Å². The Morgan fingerprint density at radius 3 is 1.91 bits per heavy atom. The van der Waals surface area contributed by atoms with Gasteiger partial charge in [0.25, 0.3) is 5.56 Å². The number of methoxy groups -OCH3 is 2. The molecule has 5 aromatic rings. The number of hydrogen-bond donors (Lipinski definition) is 3. The fourth-order valence-electron chi connectivity index (χ4n) is 7.40. The molecule has 6 rings (SSSR count). The molecule has 65 heavy (non-hydrogen) atoms. The standard InChI is InChI=1S/C41H50N5O10PSi.C6H15N/c1-25(2)36(47)44-39-43-35-32(37(48)45-39)42-24-46(35)38-34(55-57(49)50)33(56-58(8,9)40(3,4)5)31(54-38)23-53-41(26-13-11-10-12-14-26,27-15-19-29(51-6)20-16-27)28-17-21-30(52-7)22-18-28;1-4-7(5-2)6-3/h10-22,24-25,31,33-34,38H,23H2,1-9H3,(H2,43,44,45,47,48);4-6H2,1-3H3/p+1/t31-,33-,34+,38-;/m1./s1. The van der Waals surface area contributed by atoms with Gasteiger partial charge in [0.2, 0.25) is 11.9 Å². The number of amides is 1. The van der Waals surface area contributed by atoms with Gasteiger partial charge in [0.05, 0.1) is 46.8 Å². The third-order valence-corrected chi connectivity index (χ3v) is 17.2. The van der Waals surface area contributed by atoms with E-state index in [2.05, 4.69) is 61.8 Å². The Hall–Kier alpha value is -4.84. The number of nitrogens with one attached hydrogen (secondary N) is 3. The second kappa shape index (κ2) is 22.1. The molecule has 0 spiro atoms. The normalized spacial score (nSPS) is 18.1. The topological polar surface area (TPSA) is 193 Å². The van der Waals surface area contributed by atoms with Crippen molar-refractivity contribution < 1.29 is 47.1 Å². The van der Waals surface area contributed by atoms with Crippen LogP contribution in [0.3, 0.4) is 0 Å². The van der Waals surface area contributed by atoms with E-state index in [9.17, 15) is 19.0 Å². The molecular weight excluding hydrogens is 868 g/mol. The van der Waals surface area contributed by atoms with Crippen LogP contribution in [0.4, 0.5) is 5.95 Å². The lowest BCUT2D eigenvalue weighted by molar-refractivity contribution is -0.894. The number of benzene rings is 3. The van der Waals surface area contributed by atoms with Crippen LogP contribution in [0.15, 0.2) is 90.0 Å². The van der Waals surface area contributed by atoms with Crippen molar-refractivity contribution in [1.29, 1.82) is 0 Å². The summed E-state index contributed by atoms with van der Waals surface area (Å²) < 4.78 is 51.8. The summed E-state index contributed by atoms with van der Waals surface area (Å²) in [6.45, 7) is 24.1. The number of imidazole rings is 1. The zero-order valence-corrected chi connectivity index (χ0v) is 41.6. The Morgan fingerprint density at radius 2 is 1.45 bits per heavy atom. The van der Waals surface area contributed by atoms with Crippen LogP contribution in [-0.4, -0.2) is 92.5 Å². The number of H-pyrrole nitrogens is 1. The van der Waals surface area contributed by atoms with Gasteiger partial charge >= 0.3 is 8.25 Å². The first kappa shape index (κ1) is 51.1. The number of rotatable bonds is 18. The van der Waals surface area contributed by atoms with Crippen LogP contribution in [0.25, 0.3) is 11.2 Å². The first-order chi connectivity index (χ1) is 30.8. The molecule has 2 aromatic heterocycles. The van der Waals surface area contributed by atoms with Crippen LogP contribution in [-0.2, 0) is 33.4 Å². The fraction of sp³-hybridized carbons (Fsp3) is 0.489. The number of nitrogens with zero attached hydrogens (tertiary/aromatic N) is 3. The summed E-state index contributed by atoms with van der Waals surface area (Å²) >= 11 is 0. The smallest absolute Gasteiger partial charge is 0.489 e. The van der Waals surface area contributed by atoms with Gasteiger partial charge in [-0.2, -0.15) is 4.98 Å². The summed E-state index contributed by atoms with van der Waals surface area (Å²) in [5, 5.41) is 2.31. The van der Waals surface area contributed by atoms with Gasteiger partial charge in [-0.05, 0) is 84.4 Å². The summed E-state index contributed by atoms with van der Waals surface area (Å²) in [6, 6.07) is 24.9. The van der Waals surface area contributed by atoms with Gasteiger partial charge in [-0.25, -0.2) is 4.98 Å². The number of quaternary nitrogens is 1. The van der Waals surface area contributed by atoms with Crippen molar-refractivity contribution in [2.75, 3.05) is 45.8 Å². The maximum absolute atomic E-state index is 13.2. The third kappa shape index (κ3) is 11.8. The highest BCUT2D eigenvalue weighted by atomic mass is 31.1. The number of carbonyl (C=O) groups is 1. The molecule has 3 aromatic carbocycles.